The monoisotopic (exact) mass is 394 g/mol. The Balaban J connectivity index is 1.82. The number of aryl methyl sites for hydroxylation is 1. The molecule has 2 aliphatic carbocycles. The van der Waals surface area contributed by atoms with Gasteiger partial charge in [-0.2, -0.15) is 18.3 Å². The first kappa shape index (κ1) is 18.2. The van der Waals surface area contributed by atoms with Gasteiger partial charge < -0.3 is 0 Å². The van der Waals surface area contributed by atoms with Crippen LogP contribution in [0, 0.1) is 5.92 Å². The molecule has 152 valence electrons. The van der Waals surface area contributed by atoms with Gasteiger partial charge >= 0.3 is 6.18 Å². The van der Waals surface area contributed by atoms with E-state index in [1.807, 2.05) is 0 Å². The van der Waals surface area contributed by atoms with E-state index in [9.17, 15) is 18.0 Å². The molecule has 0 bridgehead atoms. The highest BCUT2D eigenvalue weighted by atomic mass is 19.4. The molecule has 28 heavy (non-hydrogen) atoms. The van der Waals surface area contributed by atoms with Crippen molar-refractivity contribution in [3.05, 3.63) is 27.7 Å². The molecule has 1 aliphatic heterocycles. The smallest absolute Gasteiger partial charge is 0.294 e. The normalized spacial score (nSPS) is 25.8. The second kappa shape index (κ2) is 6.34. The molecule has 3 heterocycles. The van der Waals surface area contributed by atoms with E-state index >= 15 is 0 Å². The van der Waals surface area contributed by atoms with Crippen LogP contribution in [0.1, 0.15) is 56.1 Å². The number of alkyl halides is 3. The van der Waals surface area contributed by atoms with Gasteiger partial charge in [0.1, 0.15) is 17.9 Å². The van der Waals surface area contributed by atoms with Crippen molar-refractivity contribution in [1.29, 1.82) is 0 Å². The van der Waals surface area contributed by atoms with Crippen LogP contribution in [0.25, 0.3) is 11.0 Å². The van der Waals surface area contributed by atoms with Crippen molar-refractivity contribution in [1.82, 2.24) is 19.7 Å². The van der Waals surface area contributed by atoms with Gasteiger partial charge in [0.2, 0.25) is 0 Å². The highest BCUT2D eigenvalue weighted by Gasteiger charge is 2.48. The van der Waals surface area contributed by atoms with Gasteiger partial charge in [-0.05, 0) is 69.4 Å². The fraction of sp³-hybridized carbons (Fsp3) is 0.700. The number of pyridine rings is 1. The Morgan fingerprint density at radius 1 is 1.14 bits per heavy atom. The molecule has 1 N–H and O–H groups in total. The van der Waals surface area contributed by atoms with E-state index in [4.69, 9.17) is 0 Å². The summed E-state index contributed by atoms with van der Waals surface area (Å²) in [6.07, 6.45) is 5.34. The van der Waals surface area contributed by atoms with Crippen LogP contribution in [0.5, 0.6) is 0 Å². The molecule has 0 amide bonds. The number of hydrogen-bond acceptors (Lipinski definition) is 3. The molecule has 8 heteroatoms. The first-order chi connectivity index (χ1) is 13.4. The molecule has 3 aliphatic rings. The zero-order valence-corrected chi connectivity index (χ0v) is 15.8. The van der Waals surface area contributed by atoms with Crippen molar-refractivity contribution in [3.63, 3.8) is 0 Å². The summed E-state index contributed by atoms with van der Waals surface area (Å²) in [7, 11) is 0. The Bertz CT molecular complexity index is 964. The highest BCUT2D eigenvalue weighted by molar-refractivity contribution is 5.81. The van der Waals surface area contributed by atoms with Crippen LogP contribution >= 0.6 is 0 Å². The lowest BCUT2D eigenvalue weighted by molar-refractivity contribution is -0.142. The van der Waals surface area contributed by atoms with E-state index in [2.05, 4.69) is 10.4 Å². The van der Waals surface area contributed by atoms with Gasteiger partial charge in [0.05, 0.1) is 6.20 Å². The SMILES string of the molecule is O=c1c2c(c3cnn(CC(F)(F)F)c3n1[C@@]1(C3CCC3)CCCN1)CCCC2. The molecule has 2 aromatic rings. The summed E-state index contributed by atoms with van der Waals surface area (Å²) < 4.78 is 42.5. The van der Waals surface area contributed by atoms with E-state index in [1.165, 1.54) is 0 Å². The second-order valence-electron chi connectivity index (χ2n) is 8.54. The van der Waals surface area contributed by atoms with Gasteiger partial charge in [-0.3, -0.25) is 14.7 Å². The number of hydrogen-bond donors (Lipinski definition) is 1. The highest BCUT2D eigenvalue weighted by Crippen LogP contribution is 2.45. The molecule has 1 saturated heterocycles. The molecule has 2 fully saturated rings. The average molecular weight is 394 g/mol. The van der Waals surface area contributed by atoms with Gasteiger partial charge in [-0.25, -0.2) is 4.68 Å². The van der Waals surface area contributed by atoms with Gasteiger partial charge in [0.15, 0.2) is 0 Å². The topological polar surface area (TPSA) is 51.9 Å². The lowest BCUT2D eigenvalue weighted by atomic mass is 9.74. The van der Waals surface area contributed by atoms with E-state index < -0.39 is 18.4 Å². The summed E-state index contributed by atoms with van der Waals surface area (Å²) in [4.78, 5) is 13.7. The zero-order valence-electron chi connectivity index (χ0n) is 15.8. The molecule has 0 spiro atoms. The van der Waals surface area contributed by atoms with E-state index in [1.54, 1.807) is 10.8 Å². The second-order valence-corrected chi connectivity index (χ2v) is 8.54. The summed E-state index contributed by atoms with van der Waals surface area (Å²) in [5, 5.41) is 8.38. The fourth-order valence-corrected chi connectivity index (χ4v) is 5.51. The molecule has 0 aromatic carbocycles. The van der Waals surface area contributed by atoms with E-state index in [0.29, 0.717) is 12.1 Å². The number of fused-ring (bicyclic) bond motifs is 3. The number of halogens is 3. The third-order valence-electron chi connectivity index (χ3n) is 6.95. The molecule has 5 rings (SSSR count). The maximum atomic E-state index is 13.7. The van der Waals surface area contributed by atoms with Gasteiger partial charge in [0.25, 0.3) is 5.56 Å². The van der Waals surface area contributed by atoms with Crippen LogP contribution in [0.15, 0.2) is 11.0 Å². The van der Waals surface area contributed by atoms with E-state index in [-0.39, 0.29) is 11.5 Å². The maximum Gasteiger partial charge on any atom is 0.408 e. The Hall–Kier alpha value is -1.83. The van der Waals surface area contributed by atoms with Crippen molar-refractivity contribution in [2.75, 3.05) is 6.54 Å². The van der Waals surface area contributed by atoms with Crippen LogP contribution < -0.4 is 10.9 Å². The summed E-state index contributed by atoms with van der Waals surface area (Å²) in [5.74, 6) is 0.284. The number of aromatic nitrogens is 3. The molecule has 5 nitrogen and oxygen atoms in total. The van der Waals surface area contributed by atoms with Crippen molar-refractivity contribution in [2.24, 2.45) is 5.92 Å². The van der Waals surface area contributed by atoms with Crippen LogP contribution in [0.4, 0.5) is 13.2 Å². The number of nitrogens with zero attached hydrogens (tertiary/aromatic N) is 3. The van der Waals surface area contributed by atoms with Gasteiger partial charge in [-0.1, -0.05) is 6.42 Å². The Morgan fingerprint density at radius 2 is 1.89 bits per heavy atom. The molecule has 0 unspecified atom stereocenters. The number of nitrogens with one attached hydrogen (secondary N) is 1. The summed E-state index contributed by atoms with van der Waals surface area (Å²) in [6, 6.07) is 0. The molecule has 1 atom stereocenters. The minimum absolute atomic E-state index is 0.104. The lowest BCUT2D eigenvalue weighted by Crippen LogP contribution is -2.56. The van der Waals surface area contributed by atoms with Crippen LogP contribution in [-0.4, -0.2) is 27.1 Å². The standard InChI is InChI=1S/C20H25F3N4O/c21-20(22,23)12-26-17-16(11-25-26)14-7-1-2-8-15(14)18(28)27(17)19(9-4-10-24-19)13-5-3-6-13/h11,13,24H,1-10,12H2/t19-/m1/s1. The third-order valence-corrected chi connectivity index (χ3v) is 6.95. The minimum atomic E-state index is -4.39. The molecule has 2 aromatic heterocycles. The zero-order chi connectivity index (χ0) is 19.5. The minimum Gasteiger partial charge on any atom is -0.294 e. The summed E-state index contributed by atoms with van der Waals surface area (Å²) >= 11 is 0. The van der Waals surface area contributed by atoms with Crippen molar-refractivity contribution < 1.29 is 13.2 Å². The summed E-state index contributed by atoms with van der Waals surface area (Å²) in [5.41, 5.74) is 1.37. The van der Waals surface area contributed by atoms with Gasteiger partial charge in [-0.15, -0.1) is 0 Å². The van der Waals surface area contributed by atoms with Gasteiger partial charge in [0, 0.05) is 10.9 Å². The van der Waals surface area contributed by atoms with Crippen LogP contribution in [0.3, 0.4) is 0 Å². The average Bonchev–Trinajstić information content (AvgIpc) is 3.21. The van der Waals surface area contributed by atoms with Crippen molar-refractivity contribution in [2.45, 2.75) is 76.2 Å². The first-order valence-corrected chi connectivity index (χ1v) is 10.4. The molecule has 0 radical (unpaired) electrons. The lowest BCUT2D eigenvalue weighted by Gasteiger charge is -2.45. The van der Waals surface area contributed by atoms with E-state index in [0.717, 1.165) is 79.1 Å². The maximum absolute atomic E-state index is 13.7. The first-order valence-electron chi connectivity index (χ1n) is 10.4. The predicted molar refractivity (Wildman–Crippen MR) is 99.2 cm³/mol. The summed E-state index contributed by atoms with van der Waals surface area (Å²) in [6.45, 7) is -0.385. The Morgan fingerprint density at radius 3 is 2.50 bits per heavy atom. The third kappa shape index (κ3) is 2.64. The Kier molecular flexibility index (Phi) is 4.12. The number of rotatable bonds is 3. The fourth-order valence-electron chi connectivity index (χ4n) is 5.51. The Labute approximate surface area is 160 Å². The molecule has 1 saturated carbocycles. The van der Waals surface area contributed by atoms with Crippen molar-refractivity contribution >= 4 is 11.0 Å². The molecular weight excluding hydrogens is 369 g/mol. The van der Waals surface area contributed by atoms with Crippen LogP contribution in [0.2, 0.25) is 0 Å². The quantitative estimate of drug-likeness (QED) is 0.867. The molecular formula is C20H25F3N4O. The largest absolute Gasteiger partial charge is 0.408 e. The predicted octanol–water partition coefficient (Wildman–Crippen LogP) is 3.48. The van der Waals surface area contributed by atoms with Crippen molar-refractivity contribution in [3.8, 4) is 0 Å². The van der Waals surface area contributed by atoms with Crippen LogP contribution in [-0.2, 0) is 25.0 Å².